The first kappa shape index (κ1) is 23.8. The van der Waals surface area contributed by atoms with Crippen LogP contribution in [0.2, 0.25) is 65.0 Å². The quantitative estimate of drug-likeness (QED) is 0.321. The zero-order valence-electron chi connectivity index (χ0n) is 18.1. The molecule has 0 aliphatic heterocycles. The Balaban J connectivity index is 2.88. The van der Waals surface area contributed by atoms with E-state index in [0.29, 0.717) is 6.61 Å². The van der Waals surface area contributed by atoms with Crippen LogP contribution in [0.3, 0.4) is 0 Å². The van der Waals surface area contributed by atoms with E-state index < -0.39 is 33.8 Å². The highest BCUT2D eigenvalue weighted by Gasteiger charge is 2.49. The van der Waals surface area contributed by atoms with E-state index in [1.807, 2.05) is 30.3 Å². The Morgan fingerprint density at radius 3 is 1.46 bits per heavy atom. The Bertz CT molecular complexity index is 492. The maximum Gasteiger partial charge on any atom is 0.469 e. The number of rotatable bonds is 11. The average Bonchev–Trinajstić information content (AvgIpc) is 2.39. The molecule has 0 spiro atoms. The first-order valence-corrected chi connectivity index (χ1v) is 21.6. The summed E-state index contributed by atoms with van der Waals surface area (Å²) in [5.41, 5.74) is 0. The third kappa shape index (κ3) is 10.8. The van der Waals surface area contributed by atoms with Gasteiger partial charge in [-0.05, 0) is 77.5 Å². The molecule has 0 heterocycles. The van der Waals surface area contributed by atoms with E-state index in [9.17, 15) is 0 Å². The van der Waals surface area contributed by atoms with Crippen LogP contribution >= 0.6 is 0 Å². The molecule has 8 heteroatoms. The smallest absolute Gasteiger partial charge is 0.469 e. The van der Waals surface area contributed by atoms with Gasteiger partial charge in [-0.3, -0.25) is 0 Å². The molecule has 1 aromatic carbocycles. The van der Waals surface area contributed by atoms with Crippen LogP contribution in [0.1, 0.15) is 6.42 Å². The van der Waals surface area contributed by atoms with Crippen molar-refractivity contribution in [3.63, 3.8) is 0 Å². The third-order valence-corrected chi connectivity index (χ3v) is 15.1. The number of para-hydroxylation sites is 1. The molecule has 0 amide bonds. The molecule has 0 saturated heterocycles. The lowest BCUT2D eigenvalue weighted by molar-refractivity contribution is 0.241. The highest BCUT2D eigenvalue weighted by Crippen LogP contribution is 2.30. The highest BCUT2D eigenvalue weighted by molar-refractivity contribution is 6.90. The standard InChI is InChI=1S/C18H38O4Si4/c1-23(2,3)20-26(21-24(4,5)6,22-25(7,8)9)17-13-16-19-18-14-11-10-12-15-18/h10-12,14-15H,13,16-17H2,1-9H3. The van der Waals surface area contributed by atoms with Crippen molar-refractivity contribution in [3.8, 4) is 5.75 Å². The van der Waals surface area contributed by atoms with Crippen LogP contribution in [0, 0.1) is 0 Å². The van der Waals surface area contributed by atoms with Gasteiger partial charge in [-0.2, -0.15) is 0 Å². The predicted octanol–water partition coefficient (Wildman–Crippen LogP) is 5.95. The molecule has 0 aliphatic carbocycles. The molecule has 0 fully saturated rings. The Hall–Kier alpha value is -0.232. The van der Waals surface area contributed by atoms with Crippen LogP contribution in [-0.4, -0.2) is 40.4 Å². The topological polar surface area (TPSA) is 36.9 Å². The summed E-state index contributed by atoms with van der Waals surface area (Å²) in [5.74, 6) is 0.906. The number of hydrogen-bond acceptors (Lipinski definition) is 4. The molecular weight excluding hydrogens is 393 g/mol. The SMILES string of the molecule is C[Si](C)(C)O[Si](CCCOc1ccccc1)(O[Si](C)(C)C)O[Si](C)(C)C. The van der Waals surface area contributed by atoms with E-state index in [0.717, 1.165) is 18.2 Å². The van der Waals surface area contributed by atoms with Gasteiger partial charge in [0.2, 0.25) is 0 Å². The molecule has 1 rings (SSSR count). The molecular formula is C18H38O4Si4. The summed E-state index contributed by atoms with van der Waals surface area (Å²) in [6, 6.07) is 10.8. The van der Waals surface area contributed by atoms with Gasteiger partial charge in [0.25, 0.3) is 0 Å². The minimum absolute atomic E-state index is 0.651. The molecule has 150 valence electrons. The summed E-state index contributed by atoms with van der Waals surface area (Å²) in [4.78, 5) is 0. The molecule has 1 aromatic rings. The molecule has 4 nitrogen and oxygen atoms in total. The first-order valence-electron chi connectivity index (χ1n) is 9.48. The van der Waals surface area contributed by atoms with Gasteiger partial charge in [0.05, 0.1) is 6.61 Å². The molecule has 0 radical (unpaired) electrons. The Kier molecular flexibility index (Phi) is 8.52. The van der Waals surface area contributed by atoms with Gasteiger partial charge in [-0.25, -0.2) is 0 Å². The second-order valence-electron chi connectivity index (χ2n) is 9.59. The zero-order chi connectivity index (χ0) is 20.1. The lowest BCUT2D eigenvalue weighted by Crippen LogP contribution is -2.60. The molecule has 0 bridgehead atoms. The van der Waals surface area contributed by atoms with Crippen LogP contribution in [0.15, 0.2) is 30.3 Å². The van der Waals surface area contributed by atoms with Crippen LogP contribution in [0.4, 0.5) is 0 Å². The highest BCUT2D eigenvalue weighted by atomic mass is 28.5. The summed E-state index contributed by atoms with van der Waals surface area (Å²) in [5, 5.41) is 0. The largest absolute Gasteiger partial charge is 0.494 e. The normalized spacial score (nSPS) is 13.7. The van der Waals surface area contributed by atoms with Crippen molar-refractivity contribution >= 4 is 33.8 Å². The second kappa shape index (κ2) is 9.31. The maximum atomic E-state index is 6.68. The first-order chi connectivity index (χ1) is 11.7. The minimum atomic E-state index is -2.73. The summed E-state index contributed by atoms with van der Waals surface area (Å²) < 4.78 is 25.9. The molecule has 0 atom stereocenters. The summed E-state index contributed by atoms with van der Waals surface area (Å²) in [7, 11) is -8.14. The Labute approximate surface area is 165 Å². The lowest BCUT2D eigenvalue weighted by Gasteiger charge is -2.42. The van der Waals surface area contributed by atoms with Crippen molar-refractivity contribution in [1.29, 1.82) is 0 Å². The number of hydrogen-bond donors (Lipinski definition) is 0. The Morgan fingerprint density at radius 1 is 0.654 bits per heavy atom. The van der Waals surface area contributed by atoms with Gasteiger partial charge in [-0.15, -0.1) is 0 Å². The monoisotopic (exact) mass is 430 g/mol. The zero-order valence-corrected chi connectivity index (χ0v) is 22.1. The fraction of sp³-hybridized carbons (Fsp3) is 0.667. The molecule has 0 N–H and O–H groups in total. The van der Waals surface area contributed by atoms with Gasteiger partial charge in [0.15, 0.2) is 25.0 Å². The average molecular weight is 431 g/mol. The Morgan fingerprint density at radius 2 is 1.08 bits per heavy atom. The van der Waals surface area contributed by atoms with E-state index in [2.05, 4.69) is 58.9 Å². The van der Waals surface area contributed by atoms with Crippen LogP contribution in [-0.2, 0) is 12.3 Å². The van der Waals surface area contributed by atoms with Crippen molar-refractivity contribution in [1.82, 2.24) is 0 Å². The molecule has 0 saturated carbocycles. The van der Waals surface area contributed by atoms with E-state index >= 15 is 0 Å². The van der Waals surface area contributed by atoms with Crippen LogP contribution in [0.5, 0.6) is 5.75 Å². The van der Waals surface area contributed by atoms with Gasteiger partial charge in [-0.1, -0.05) is 18.2 Å². The van der Waals surface area contributed by atoms with Crippen molar-refractivity contribution < 1.29 is 17.1 Å². The van der Waals surface area contributed by atoms with E-state index in [1.54, 1.807) is 0 Å². The van der Waals surface area contributed by atoms with E-state index in [1.165, 1.54) is 0 Å². The van der Waals surface area contributed by atoms with E-state index in [4.69, 9.17) is 17.1 Å². The predicted molar refractivity (Wildman–Crippen MR) is 120 cm³/mol. The maximum absolute atomic E-state index is 6.68. The molecule has 0 aromatic heterocycles. The van der Waals surface area contributed by atoms with Crippen molar-refractivity contribution in [2.45, 2.75) is 71.4 Å². The summed E-state index contributed by atoms with van der Waals surface area (Å²) >= 11 is 0. The van der Waals surface area contributed by atoms with Gasteiger partial charge in [0.1, 0.15) is 5.75 Å². The third-order valence-electron chi connectivity index (χ3n) is 3.02. The van der Waals surface area contributed by atoms with Crippen LogP contribution < -0.4 is 4.74 Å². The second-order valence-corrected chi connectivity index (χ2v) is 26.6. The van der Waals surface area contributed by atoms with Crippen LogP contribution in [0.25, 0.3) is 0 Å². The number of benzene rings is 1. The summed E-state index contributed by atoms with van der Waals surface area (Å²) in [6.45, 7) is 20.6. The lowest BCUT2D eigenvalue weighted by atomic mass is 10.3. The summed E-state index contributed by atoms with van der Waals surface area (Å²) in [6.07, 6.45) is 0.876. The fourth-order valence-electron chi connectivity index (χ4n) is 2.61. The van der Waals surface area contributed by atoms with Gasteiger partial charge < -0.3 is 17.1 Å². The molecule has 0 aliphatic rings. The fourth-order valence-corrected chi connectivity index (χ4v) is 17.2. The van der Waals surface area contributed by atoms with Gasteiger partial charge in [0, 0.05) is 6.04 Å². The van der Waals surface area contributed by atoms with Gasteiger partial charge >= 0.3 is 8.80 Å². The van der Waals surface area contributed by atoms with Crippen molar-refractivity contribution in [2.75, 3.05) is 6.61 Å². The molecule has 26 heavy (non-hydrogen) atoms. The van der Waals surface area contributed by atoms with E-state index in [-0.39, 0.29) is 0 Å². The minimum Gasteiger partial charge on any atom is -0.494 e. The van der Waals surface area contributed by atoms with Crippen molar-refractivity contribution in [2.24, 2.45) is 0 Å². The van der Waals surface area contributed by atoms with Crippen molar-refractivity contribution in [3.05, 3.63) is 30.3 Å². The molecule has 0 unspecified atom stereocenters. The number of ether oxygens (including phenoxy) is 1.